The molecule has 3 rings (SSSR count). The summed E-state index contributed by atoms with van der Waals surface area (Å²) >= 11 is 1.52. The molecule has 1 aromatic carbocycles. The number of nitrogens with one attached hydrogen (secondary N) is 2. The van der Waals surface area contributed by atoms with Gasteiger partial charge >= 0.3 is 0 Å². The van der Waals surface area contributed by atoms with Crippen LogP contribution in [-0.4, -0.2) is 21.6 Å². The molecule has 0 saturated heterocycles. The quantitative estimate of drug-likeness (QED) is 0.586. The van der Waals surface area contributed by atoms with Crippen LogP contribution in [-0.2, 0) is 21.5 Å². The number of benzene rings is 1. The first kappa shape index (κ1) is 21.8. The Balaban J connectivity index is 1.66. The second-order valence-corrected chi connectivity index (χ2v) is 9.32. The van der Waals surface area contributed by atoms with Gasteiger partial charge in [-0.25, -0.2) is 4.68 Å². The molecule has 158 valence electrons. The van der Waals surface area contributed by atoms with E-state index in [-0.39, 0.29) is 29.7 Å². The van der Waals surface area contributed by atoms with Crippen LogP contribution in [0.25, 0.3) is 0 Å². The van der Waals surface area contributed by atoms with Crippen LogP contribution >= 0.6 is 11.3 Å². The third kappa shape index (κ3) is 5.79. The van der Waals surface area contributed by atoms with E-state index < -0.39 is 0 Å². The number of aromatic nitrogens is 2. The Labute approximate surface area is 181 Å². The summed E-state index contributed by atoms with van der Waals surface area (Å²) in [4.78, 5) is 25.1. The van der Waals surface area contributed by atoms with E-state index in [1.165, 1.54) is 23.8 Å². The second kappa shape index (κ2) is 9.26. The Kier molecular flexibility index (Phi) is 6.72. The average Bonchev–Trinajstić information content (AvgIpc) is 3.33. The van der Waals surface area contributed by atoms with Gasteiger partial charge in [0.1, 0.15) is 5.82 Å². The van der Waals surface area contributed by atoms with Crippen molar-refractivity contribution in [2.24, 2.45) is 0 Å². The van der Waals surface area contributed by atoms with E-state index in [4.69, 9.17) is 0 Å². The molecule has 30 heavy (non-hydrogen) atoms. The molecule has 2 N–H and O–H groups in total. The lowest BCUT2D eigenvalue weighted by Gasteiger charge is -2.19. The normalized spacial score (nSPS) is 12.4. The predicted molar refractivity (Wildman–Crippen MR) is 121 cm³/mol. The number of thiophene rings is 1. The number of carbonyl (C=O) groups excluding carboxylic acids is 2. The summed E-state index contributed by atoms with van der Waals surface area (Å²) in [7, 11) is 0. The van der Waals surface area contributed by atoms with Gasteiger partial charge in [-0.05, 0) is 28.0 Å². The molecule has 0 saturated carbocycles. The first-order valence-corrected chi connectivity index (χ1v) is 10.8. The Bertz CT molecular complexity index is 985. The molecule has 1 atom stereocenters. The van der Waals surface area contributed by atoms with Gasteiger partial charge in [0, 0.05) is 17.9 Å². The third-order valence-electron chi connectivity index (χ3n) is 4.79. The van der Waals surface area contributed by atoms with Crippen molar-refractivity contribution in [1.82, 2.24) is 15.1 Å². The molecule has 2 heterocycles. The summed E-state index contributed by atoms with van der Waals surface area (Å²) in [5, 5.41) is 12.1. The standard InChI is InChI=1S/C23H28N4O2S/c1-16(28)25-19(20-6-5-13-30-20)14-22(29)26-21-11-12-24-27(21)15-17-7-9-18(10-8-17)23(2,3)4/h5-13,19H,14-15H2,1-4H3,(H,25,28)(H,26,29)/t19-/m0/s1. The van der Waals surface area contributed by atoms with E-state index >= 15 is 0 Å². The highest BCUT2D eigenvalue weighted by Crippen LogP contribution is 2.24. The van der Waals surface area contributed by atoms with Crippen LogP contribution in [0.4, 0.5) is 5.82 Å². The highest BCUT2D eigenvalue weighted by atomic mass is 32.1. The first-order valence-electron chi connectivity index (χ1n) is 9.94. The van der Waals surface area contributed by atoms with Crippen molar-refractivity contribution >= 4 is 29.0 Å². The summed E-state index contributed by atoms with van der Waals surface area (Å²) in [6.07, 6.45) is 1.83. The number of amides is 2. The summed E-state index contributed by atoms with van der Waals surface area (Å²) in [6.45, 7) is 8.58. The molecule has 0 aliphatic carbocycles. The van der Waals surface area contributed by atoms with Gasteiger partial charge in [-0.3, -0.25) is 9.59 Å². The molecule has 0 aliphatic rings. The molecule has 0 spiro atoms. The molecule has 0 unspecified atom stereocenters. The largest absolute Gasteiger partial charge is 0.348 e. The Hall–Kier alpha value is -2.93. The summed E-state index contributed by atoms with van der Waals surface area (Å²) in [5.41, 5.74) is 2.49. The molecule has 0 radical (unpaired) electrons. The maximum absolute atomic E-state index is 12.7. The molecular weight excluding hydrogens is 396 g/mol. The smallest absolute Gasteiger partial charge is 0.227 e. The maximum Gasteiger partial charge on any atom is 0.227 e. The van der Waals surface area contributed by atoms with Gasteiger partial charge in [0.05, 0.1) is 25.2 Å². The fourth-order valence-electron chi connectivity index (χ4n) is 3.18. The van der Waals surface area contributed by atoms with Crippen molar-refractivity contribution < 1.29 is 9.59 Å². The van der Waals surface area contributed by atoms with Crippen LogP contribution in [0, 0.1) is 0 Å². The van der Waals surface area contributed by atoms with Gasteiger partial charge in [0.25, 0.3) is 0 Å². The van der Waals surface area contributed by atoms with Crippen molar-refractivity contribution in [2.45, 2.75) is 52.1 Å². The van der Waals surface area contributed by atoms with E-state index in [0.29, 0.717) is 12.4 Å². The minimum Gasteiger partial charge on any atom is -0.348 e. The van der Waals surface area contributed by atoms with E-state index in [2.05, 4.69) is 60.8 Å². The Morgan fingerprint density at radius 1 is 1.13 bits per heavy atom. The highest BCUT2D eigenvalue weighted by Gasteiger charge is 2.19. The molecule has 0 aliphatic heterocycles. The minimum absolute atomic E-state index is 0.108. The number of rotatable bonds is 7. The van der Waals surface area contributed by atoms with Crippen molar-refractivity contribution in [3.63, 3.8) is 0 Å². The average molecular weight is 425 g/mol. The fourth-order valence-corrected chi connectivity index (χ4v) is 3.96. The van der Waals surface area contributed by atoms with Crippen LogP contribution in [0.5, 0.6) is 0 Å². The van der Waals surface area contributed by atoms with Crippen LogP contribution < -0.4 is 10.6 Å². The molecule has 0 fully saturated rings. The summed E-state index contributed by atoms with van der Waals surface area (Å²) in [5.74, 6) is 0.296. The summed E-state index contributed by atoms with van der Waals surface area (Å²) < 4.78 is 1.77. The van der Waals surface area contributed by atoms with Crippen LogP contribution in [0.1, 0.15) is 56.2 Å². The fraction of sp³-hybridized carbons (Fsp3) is 0.348. The van der Waals surface area contributed by atoms with Crippen LogP contribution in [0.3, 0.4) is 0 Å². The van der Waals surface area contributed by atoms with Gasteiger partial charge in [-0.1, -0.05) is 51.1 Å². The van der Waals surface area contributed by atoms with Gasteiger partial charge < -0.3 is 10.6 Å². The maximum atomic E-state index is 12.7. The van der Waals surface area contributed by atoms with Crippen LogP contribution in [0.15, 0.2) is 54.0 Å². The number of anilines is 1. The van der Waals surface area contributed by atoms with Crippen molar-refractivity contribution in [3.8, 4) is 0 Å². The molecule has 3 aromatic rings. The zero-order valence-corrected chi connectivity index (χ0v) is 18.6. The van der Waals surface area contributed by atoms with Gasteiger partial charge in [-0.15, -0.1) is 11.3 Å². The topological polar surface area (TPSA) is 76.0 Å². The molecule has 2 amide bonds. The molecule has 0 bridgehead atoms. The van der Waals surface area contributed by atoms with Gasteiger partial charge in [0.2, 0.25) is 11.8 Å². The monoisotopic (exact) mass is 424 g/mol. The van der Waals surface area contributed by atoms with Crippen molar-refractivity contribution in [1.29, 1.82) is 0 Å². The Morgan fingerprint density at radius 2 is 1.87 bits per heavy atom. The highest BCUT2D eigenvalue weighted by molar-refractivity contribution is 7.10. The zero-order valence-electron chi connectivity index (χ0n) is 17.8. The number of nitrogens with zero attached hydrogens (tertiary/aromatic N) is 2. The van der Waals surface area contributed by atoms with Crippen molar-refractivity contribution in [2.75, 3.05) is 5.32 Å². The number of hydrogen-bond donors (Lipinski definition) is 2. The number of carbonyl (C=O) groups is 2. The molecule has 7 heteroatoms. The van der Waals surface area contributed by atoms with Gasteiger partial charge in [0.15, 0.2) is 0 Å². The van der Waals surface area contributed by atoms with Gasteiger partial charge in [-0.2, -0.15) is 5.10 Å². The van der Waals surface area contributed by atoms with Crippen molar-refractivity contribution in [3.05, 3.63) is 70.0 Å². The predicted octanol–water partition coefficient (Wildman–Crippen LogP) is 4.50. The van der Waals surface area contributed by atoms with E-state index in [1.54, 1.807) is 16.9 Å². The lowest BCUT2D eigenvalue weighted by molar-refractivity contribution is -0.120. The lowest BCUT2D eigenvalue weighted by Crippen LogP contribution is -2.29. The molecule has 6 nitrogen and oxygen atoms in total. The van der Waals surface area contributed by atoms with E-state index in [0.717, 1.165) is 10.4 Å². The third-order valence-corrected chi connectivity index (χ3v) is 5.78. The lowest BCUT2D eigenvalue weighted by atomic mass is 9.87. The van der Waals surface area contributed by atoms with E-state index in [9.17, 15) is 9.59 Å². The molecular formula is C23H28N4O2S. The summed E-state index contributed by atoms with van der Waals surface area (Å²) in [6, 6.07) is 13.7. The molecule has 2 aromatic heterocycles. The van der Waals surface area contributed by atoms with E-state index in [1.807, 2.05) is 17.5 Å². The zero-order chi connectivity index (χ0) is 21.7. The first-order chi connectivity index (χ1) is 14.2. The Morgan fingerprint density at radius 3 is 2.47 bits per heavy atom. The van der Waals surface area contributed by atoms with Crippen LogP contribution in [0.2, 0.25) is 0 Å². The number of hydrogen-bond acceptors (Lipinski definition) is 4. The SMILES string of the molecule is CC(=O)N[C@@H](CC(=O)Nc1ccnn1Cc1ccc(C(C)(C)C)cc1)c1cccs1. The minimum atomic E-state index is -0.344. The second-order valence-electron chi connectivity index (χ2n) is 8.34.